The lowest BCUT2D eigenvalue weighted by Gasteiger charge is -2.30. The van der Waals surface area contributed by atoms with Crippen LogP contribution in [0.1, 0.15) is 23.8 Å². The van der Waals surface area contributed by atoms with Crippen LogP contribution in [0.4, 0.5) is 0 Å². The van der Waals surface area contributed by atoms with Crippen molar-refractivity contribution in [1.29, 1.82) is 0 Å². The molecule has 5 heteroatoms. The highest BCUT2D eigenvalue weighted by atomic mass is 32.1. The molecule has 2 fully saturated rings. The van der Waals surface area contributed by atoms with Crippen molar-refractivity contribution in [3.63, 3.8) is 0 Å². The molecule has 1 amide bonds. The Morgan fingerprint density at radius 2 is 1.88 bits per heavy atom. The maximum Gasteiger partial charge on any atom is 0.226 e. The number of likely N-dealkylation sites (tertiary alicyclic amines) is 1. The predicted octanol–water partition coefficient (Wildman–Crippen LogP) is 3.02. The van der Waals surface area contributed by atoms with E-state index in [2.05, 4.69) is 40.6 Å². The average molecular weight is 353 g/mol. The Morgan fingerprint density at radius 1 is 1.12 bits per heavy atom. The molecule has 4 nitrogen and oxygen atoms in total. The fourth-order valence-corrected chi connectivity index (χ4v) is 5.82. The Balaban J connectivity index is 1.41. The van der Waals surface area contributed by atoms with Gasteiger partial charge in [0.2, 0.25) is 5.91 Å². The molecular weight excluding hydrogens is 330 g/mol. The van der Waals surface area contributed by atoms with Gasteiger partial charge in [0.1, 0.15) is 0 Å². The molecule has 4 atom stereocenters. The summed E-state index contributed by atoms with van der Waals surface area (Å²) in [5.41, 5.74) is 1.06. The molecule has 130 valence electrons. The van der Waals surface area contributed by atoms with Gasteiger partial charge in [0.15, 0.2) is 0 Å². The van der Waals surface area contributed by atoms with Crippen LogP contribution in [0.3, 0.4) is 0 Å². The maximum absolute atomic E-state index is 13.3. The van der Waals surface area contributed by atoms with Gasteiger partial charge in [-0.2, -0.15) is 0 Å². The summed E-state index contributed by atoms with van der Waals surface area (Å²) in [5, 5.41) is 4.58. The van der Waals surface area contributed by atoms with Gasteiger partial charge in [0.25, 0.3) is 0 Å². The summed E-state index contributed by atoms with van der Waals surface area (Å²) < 4.78 is 1.22. The topological polar surface area (TPSA) is 45.2 Å². The molecule has 2 unspecified atom stereocenters. The number of nitrogens with zero attached hydrogens (tertiary/aromatic N) is 2. The first-order valence-electron chi connectivity index (χ1n) is 9.29. The molecule has 1 aliphatic carbocycles. The van der Waals surface area contributed by atoms with Crippen LogP contribution in [0.15, 0.2) is 36.4 Å². The monoisotopic (exact) mass is 353 g/mol. The van der Waals surface area contributed by atoms with E-state index in [0.29, 0.717) is 17.7 Å². The number of benzene rings is 1. The van der Waals surface area contributed by atoms with Crippen LogP contribution in [0, 0.1) is 17.8 Å². The first-order chi connectivity index (χ1) is 12.3. The van der Waals surface area contributed by atoms with Gasteiger partial charge in [-0.1, -0.05) is 24.3 Å². The van der Waals surface area contributed by atoms with Gasteiger partial charge >= 0.3 is 0 Å². The number of thiazole rings is 1. The van der Waals surface area contributed by atoms with E-state index in [1.165, 1.54) is 4.70 Å². The second-order valence-electron chi connectivity index (χ2n) is 7.60. The van der Waals surface area contributed by atoms with Gasteiger partial charge < -0.3 is 10.2 Å². The number of aromatic nitrogens is 1. The zero-order valence-corrected chi connectivity index (χ0v) is 15.0. The summed E-state index contributed by atoms with van der Waals surface area (Å²) in [6, 6.07) is 8.29. The molecule has 2 saturated heterocycles. The van der Waals surface area contributed by atoms with Crippen molar-refractivity contribution in [3.05, 3.63) is 41.4 Å². The van der Waals surface area contributed by atoms with Crippen LogP contribution in [0.5, 0.6) is 0 Å². The molecule has 5 rings (SSSR count). The molecule has 1 N–H and O–H groups in total. The van der Waals surface area contributed by atoms with Crippen LogP contribution < -0.4 is 5.32 Å². The van der Waals surface area contributed by atoms with Crippen molar-refractivity contribution in [2.75, 3.05) is 26.2 Å². The summed E-state index contributed by atoms with van der Waals surface area (Å²) in [6.07, 6.45) is 6.19. The van der Waals surface area contributed by atoms with Crippen LogP contribution in [0.2, 0.25) is 0 Å². The van der Waals surface area contributed by atoms with Crippen molar-refractivity contribution in [2.45, 2.75) is 18.8 Å². The fourth-order valence-electron chi connectivity index (χ4n) is 4.68. The number of para-hydroxylation sites is 1. The number of allylic oxidation sites excluding steroid dienone is 2. The van der Waals surface area contributed by atoms with E-state index in [1.807, 2.05) is 6.07 Å². The van der Waals surface area contributed by atoms with Gasteiger partial charge in [-0.05, 0) is 36.8 Å². The minimum absolute atomic E-state index is 0.0531. The maximum atomic E-state index is 13.3. The van der Waals surface area contributed by atoms with Crippen molar-refractivity contribution in [2.24, 2.45) is 17.8 Å². The Hall–Kier alpha value is -1.72. The third-order valence-corrected chi connectivity index (χ3v) is 7.25. The molecule has 1 aromatic heterocycles. The summed E-state index contributed by atoms with van der Waals surface area (Å²) in [7, 11) is 0. The summed E-state index contributed by atoms with van der Waals surface area (Å²) in [6.45, 7) is 4.01. The minimum atomic E-state index is 0.0531. The summed E-state index contributed by atoms with van der Waals surface area (Å²) in [5.74, 6) is 1.95. The van der Waals surface area contributed by atoms with Crippen molar-refractivity contribution in [3.8, 4) is 0 Å². The summed E-state index contributed by atoms with van der Waals surface area (Å²) >= 11 is 1.76. The SMILES string of the molecule is O=C(C1CC=CCC1c1nc2ccccc2s1)N1C[C@H]2CNC[C@H]2C1. The van der Waals surface area contributed by atoms with E-state index in [9.17, 15) is 4.79 Å². The average Bonchev–Trinajstić information content (AvgIpc) is 3.34. The van der Waals surface area contributed by atoms with Gasteiger partial charge in [0, 0.05) is 32.1 Å². The largest absolute Gasteiger partial charge is 0.342 e. The molecule has 1 aromatic carbocycles. The minimum Gasteiger partial charge on any atom is -0.342 e. The highest BCUT2D eigenvalue weighted by Crippen LogP contribution is 2.40. The Kier molecular flexibility index (Phi) is 3.86. The number of carbonyl (C=O) groups excluding carboxylic acids is 1. The van der Waals surface area contributed by atoms with E-state index in [0.717, 1.165) is 49.5 Å². The van der Waals surface area contributed by atoms with Gasteiger partial charge in [0.05, 0.1) is 21.1 Å². The first-order valence-corrected chi connectivity index (χ1v) is 10.1. The van der Waals surface area contributed by atoms with E-state index in [-0.39, 0.29) is 11.8 Å². The second kappa shape index (κ2) is 6.22. The molecule has 2 aliphatic heterocycles. The predicted molar refractivity (Wildman–Crippen MR) is 101 cm³/mol. The Bertz CT molecular complexity index is 784. The highest BCUT2D eigenvalue weighted by molar-refractivity contribution is 7.18. The molecule has 3 heterocycles. The quantitative estimate of drug-likeness (QED) is 0.844. The summed E-state index contributed by atoms with van der Waals surface area (Å²) in [4.78, 5) is 20.3. The Labute approximate surface area is 151 Å². The number of hydrogen-bond donors (Lipinski definition) is 1. The number of nitrogens with one attached hydrogen (secondary N) is 1. The van der Waals surface area contributed by atoms with Gasteiger partial charge in [-0.15, -0.1) is 11.3 Å². The zero-order chi connectivity index (χ0) is 16.8. The van der Waals surface area contributed by atoms with Crippen LogP contribution >= 0.6 is 11.3 Å². The molecule has 0 radical (unpaired) electrons. The third kappa shape index (κ3) is 2.70. The van der Waals surface area contributed by atoms with Crippen molar-refractivity contribution in [1.82, 2.24) is 15.2 Å². The van der Waals surface area contributed by atoms with Crippen molar-refractivity contribution < 1.29 is 4.79 Å². The number of carbonyl (C=O) groups is 1. The standard InChI is InChI=1S/C20H23N3OS/c24-20(23-11-13-9-21-10-14(13)12-23)16-6-2-1-5-15(16)19-22-17-7-3-4-8-18(17)25-19/h1-4,7-8,13-16,21H,5-6,9-12H2/t13-,14+,15?,16?. The second-order valence-corrected chi connectivity index (χ2v) is 8.66. The van der Waals surface area contributed by atoms with Crippen LogP contribution in [0.25, 0.3) is 10.2 Å². The number of amides is 1. The van der Waals surface area contributed by atoms with E-state index < -0.39 is 0 Å². The molecule has 0 saturated carbocycles. The molecule has 0 bridgehead atoms. The van der Waals surface area contributed by atoms with E-state index in [1.54, 1.807) is 11.3 Å². The number of hydrogen-bond acceptors (Lipinski definition) is 4. The van der Waals surface area contributed by atoms with Crippen molar-refractivity contribution >= 4 is 27.5 Å². The van der Waals surface area contributed by atoms with Crippen LogP contribution in [-0.2, 0) is 4.79 Å². The van der Waals surface area contributed by atoms with Crippen LogP contribution in [-0.4, -0.2) is 42.0 Å². The number of rotatable bonds is 2. The van der Waals surface area contributed by atoms with E-state index in [4.69, 9.17) is 4.98 Å². The smallest absolute Gasteiger partial charge is 0.226 e. The lowest BCUT2D eigenvalue weighted by atomic mass is 9.82. The molecular formula is C20H23N3OS. The molecule has 25 heavy (non-hydrogen) atoms. The molecule has 0 spiro atoms. The fraction of sp³-hybridized carbons (Fsp3) is 0.500. The highest BCUT2D eigenvalue weighted by Gasteiger charge is 2.42. The Morgan fingerprint density at radius 3 is 2.68 bits per heavy atom. The van der Waals surface area contributed by atoms with E-state index >= 15 is 0 Å². The molecule has 3 aliphatic rings. The zero-order valence-electron chi connectivity index (χ0n) is 14.2. The molecule has 2 aromatic rings. The normalized spacial score (nSPS) is 31.6. The first kappa shape index (κ1) is 15.5. The lowest BCUT2D eigenvalue weighted by molar-refractivity contribution is -0.135. The lowest BCUT2D eigenvalue weighted by Crippen LogP contribution is -2.39. The van der Waals surface area contributed by atoms with Gasteiger partial charge in [-0.3, -0.25) is 4.79 Å². The number of fused-ring (bicyclic) bond motifs is 2. The third-order valence-electron chi connectivity index (χ3n) is 6.08. The van der Waals surface area contributed by atoms with Gasteiger partial charge in [-0.25, -0.2) is 4.98 Å².